The molecule has 5 rings (SSSR count). The number of rotatable bonds is 9. The lowest BCUT2D eigenvalue weighted by molar-refractivity contribution is 0.0955. The highest BCUT2D eigenvalue weighted by atomic mass is 32.2. The minimum absolute atomic E-state index is 0.0598. The number of carbonyl (C=O) groups is 1. The van der Waals surface area contributed by atoms with Gasteiger partial charge >= 0.3 is 0 Å². The topological polar surface area (TPSA) is 115 Å². The molecule has 200 valence electrons. The van der Waals surface area contributed by atoms with Crippen molar-refractivity contribution in [3.05, 3.63) is 127 Å². The molecule has 5 aromatic rings. The average molecular weight is 552 g/mol. The standard InChI is InChI=1S/C30H25N5O4S/c1-39-27-17-15-25(16-18-27)34-40(37,38)28-14-8-11-23(19-28)30(36)32-31-20-24-21-35(26-12-6-3-7-13-26)33-29(24)22-9-4-2-5-10-22/h2-21,34H,1H3,(H,32,36)/b31-20-. The van der Waals surface area contributed by atoms with Crippen molar-refractivity contribution in [1.82, 2.24) is 15.2 Å². The summed E-state index contributed by atoms with van der Waals surface area (Å²) in [5.41, 5.74) is 6.14. The van der Waals surface area contributed by atoms with Crippen molar-refractivity contribution < 1.29 is 17.9 Å². The van der Waals surface area contributed by atoms with E-state index in [-0.39, 0.29) is 10.5 Å². The van der Waals surface area contributed by atoms with E-state index < -0.39 is 15.9 Å². The summed E-state index contributed by atoms with van der Waals surface area (Å²) >= 11 is 0. The van der Waals surface area contributed by atoms with Gasteiger partial charge in [-0.15, -0.1) is 0 Å². The number of hydrogen-bond acceptors (Lipinski definition) is 6. The second-order valence-electron chi connectivity index (χ2n) is 8.64. The summed E-state index contributed by atoms with van der Waals surface area (Å²) in [5.74, 6) is 0.0416. The number of benzene rings is 4. The highest BCUT2D eigenvalue weighted by Crippen LogP contribution is 2.23. The summed E-state index contributed by atoms with van der Waals surface area (Å²) in [7, 11) is -2.41. The number of methoxy groups -OCH3 is 1. The van der Waals surface area contributed by atoms with Crippen molar-refractivity contribution in [2.24, 2.45) is 5.10 Å². The summed E-state index contributed by atoms with van der Waals surface area (Å²) in [6.07, 6.45) is 3.34. The number of anilines is 1. The van der Waals surface area contributed by atoms with E-state index in [9.17, 15) is 13.2 Å². The molecule has 0 unspecified atom stereocenters. The van der Waals surface area contributed by atoms with Gasteiger partial charge in [-0.1, -0.05) is 54.6 Å². The number of ether oxygens (including phenoxy) is 1. The lowest BCUT2D eigenvalue weighted by atomic mass is 10.1. The van der Waals surface area contributed by atoms with Crippen molar-refractivity contribution in [2.45, 2.75) is 4.90 Å². The van der Waals surface area contributed by atoms with Crippen LogP contribution in [0.15, 0.2) is 125 Å². The zero-order valence-electron chi connectivity index (χ0n) is 21.4. The van der Waals surface area contributed by atoms with Gasteiger partial charge in [-0.2, -0.15) is 10.2 Å². The van der Waals surface area contributed by atoms with Crippen molar-refractivity contribution in [2.75, 3.05) is 11.8 Å². The van der Waals surface area contributed by atoms with E-state index in [1.165, 1.54) is 37.6 Å². The van der Waals surface area contributed by atoms with Gasteiger partial charge in [0.25, 0.3) is 15.9 Å². The molecule has 10 heteroatoms. The molecule has 0 saturated carbocycles. The molecule has 0 bridgehead atoms. The first-order valence-electron chi connectivity index (χ1n) is 12.2. The van der Waals surface area contributed by atoms with Gasteiger partial charge < -0.3 is 4.74 Å². The first kappa shape index (κ1) is 26.4. The molecule has 2 N–H and O–H groups in total. The quantitative estimate of drug-likeness (QED) is 0.195. The fraction of sp³-hybridized carbons (Fsp3) is 0.0333. The van der Waals surface area contributed by atoms with Crippen molar-refractivity contribution in [3.8, 4) is 22.7 Å². The van der Waals surface area contributed by atoms with Crippen LogP contribution in [-0.4, -0.2) is 37.4 Å². The van der Waals surface area contributed by atoms with Crippen LogP contribution in [0.4, 0.5) is 5.69 Å². The van der Waals surface area contributed by atoms with Crippen LogP contribution in [0.1, 0.15) is 15.9 Å². The molecule has 0 atom stereocenters. The van der Waals surface area contributed by atoms with Gasteiger partial charge in [0, 0.05) is 28.6 Å². The summed E-state index contributed by atoms with van der Waals surface area (Å²) in [4.78, 5) is 12.8. The molecule has 4 aromatic carbocycles. The predicted molar refractivity (Wildman–Crippen MR) is 154 cm³/mol. The van der Waals surface area contributed by atoms with E-state index in [2.05, 4.69) is 15.2 Å². The average Bonchev–Trinajstić information content (AvgIpc) is 3.42. The molecule has 0 fully saturated rings. The third-order valence-electron chi connectivity index (χ3n) is 5.93. The third-order valence-corrected chi connectivity index (χ3v) is 7.31. The van der Waals surface area contributed by atoms with E-state index in [1.807, 2.05) is 66.9 Å². The second-order valence-corrected chi connectivity index (χ2v) is 10.3. The van der Waals surface area contributed by atoms with Gasteiger partial charge in [0.1, 0.15) is 11.4 Å². The third kappa shape index (κ3) is 6.08. The Balaban J connectivity index is 1.34. The number of hydrogen-bond donors (Lipinski definition) is 2. The van der Waals surface area contributed by atoms with Crippen LogP contribution in [0.3, 0.4) is 0 Å². The highest BCUT2D eigenvalue weighted by molar-refractivity contribution is 7.92. The first-order valence-corrected chi connectivity index (χ1v) is 13.7. The Morgan fingerprint density at radius 3 is 2.30 bits per heavy atom. The highest BCUT2D eigenvalue weighted by Gasteiger charge is 2.17. The molecule has 0 radical (unpaired) electrons. The van der Waals surface area contributed by atoms with Crippen LogP contribution >= 0.6 is 0 Å². The predicted octanol–water partition coefficient (Wildman–Crippen LogP) is 5.11. The molecular formula is C30H25N5O4S. The molecule has 40 heavy (non-hydrogen) atoms. The van der Waals surface area contributed by atoms with Gasteiger partial charge in [0.2, 0.25) is 0 Å². The molecule has 1 amide bonds. The molecule has 1 aromatic heterocycles. The molecule has 0 aliphatic rings. The largest absolute Gasteiger partial charge is 0.497 e. The Morgan fingerprint density at radius 2 is 1.60 bits per heavy atom. The van der Waals surface area contributed by atoms with Crippen LogP contribution in [0, 0.1) is 0 Å². The lowest BCUT2D eigenvalue weighted by Gasteiger charge is -2.09. The summed E-state index contributed by atoms with van der Waals surface area (Å²) < 4.78 is 35.2. The molecule has 0 aliphatic heterocycles. The summed E-state index contributed by atoms with van der Waals surface area (Å²) in [6, 6.07) is 31.5. The maximum Gasteiger partial charge on any atom is 0.271 e. The monoisotopic (exact) mass is 551 g/mol. The van der Waals surface area contributed by atoms with Crippen LogP contribution in [0.5, 0.6) is 5.75 Å². The van der Waals surface area contributed by atoms with Crippen molar-refractivity contribution >= 4 is 27.8 Å². The minimum Gasteiger partial charge on any atom is -0.497 e. The Hall–Kier alpha value is -5.22. The van der Waals surface area contributed by atoms with Gasteiger partial charge in [0.05, 0.1) is 23.9 Å². The fourth-order valence-electron chi connectivity index (χ4n) is 3.92. The summed E-state index contributed by atoms with van der Waals surface area (Å²) in [5, 5.41) is 8.85. The van der Waals surface area contributed by atoms with E-state index in [0.717, 1.165) is 11.3 Å². The number of amides is 1. The molecule has 9 nitrogen and oxygen atoms in total. The van der Waals surface area contributed by atoms with Crippen LogP contribution in [0.2, 0.25) is 0 Å². The van der Waals surface area contributed by atoms with E-state index in [1.54, 1.807) is 28.9 Å². The van der Waals surface area contributed by atoms with Crippen LogP contribution in [-0.2, 0) is 10.0 Å². The number of nitrogens with one attached hydrogen (secondary N) is 2. The Kier molecular flexibility index (Phi) is 7.70. The van der Waals surface area contributed by atoms with E-state index >= 15 is 0 Å². The Bertz CT molecular complexity index is 1750. The van der Waals surface area contributed by atoms with Gasteiger partial charge in [0.15, 0.2) is 0 Å². The van der Waals surface area contributed by atoms with Crippen LogP contribution < -0.4 is 14.9 Å². The summed E-state index contributed by atoms with van der Waals surface area (Å²) in [6.45, 7) is 0. The number of sulfonamides is 1. The number of carbonyl (C=O) groups excluding carboxylic acids is 1. The van der Waals surface area contributed by atoms with Crippen LogP contribution in [0.25, 0.3) is 16.9 Å². The van der Waals surface area contributed by atoms with E-state index in [4.69, 9.17) is 9.84 Å². The molecule has 0 aliphatic carbocycles. The van der Waals surface area contributed by atoms with E-state index in [0.29, 0.717) is 22.7 Å². The number of para-hydroxylation sites is 1. The molecule has 0 saturated heterocycles. The zero-order valence-corrected chi connectivity index (χ0v) is 22.2. The van der Waals surface area contributed by atoms with Gasteiger partial charge in [-0.3, -0.25) is 9.52 Å². The van der Waals surface area contributed by atoms with Gasteiger partial charge in [-0.05, 0) is 54.6 Å². The van der Waals surface area contributed by atoms with Gasteiger partial charge in [-0.25, -0.2) is 18.5 Å². The first-order chi connectivity index (χ1) is 19.4. The maximum atomic E-state index is 12.9. The molecule has 1 heterocycles. The normalized spacial score (nSPS) is 11.3. The SMILES string of the molecule is COc1ccc(NS(=O)(=O)c2cccc(C(=O)N/N=C\c3cn(-c4ccccc4)nc3-c3ccccc3)c2)cc1. The molecule has 0 spiro atoms. The number of hydrazone groups is 1. The van der Waals surface area contributed by atoms with Crippen molar-refractivity contribution in [1.29, 1.82) is 0 Å². The zero-order chi connectivity index (χ0) is 28.0. The number of aromatic nitrogens is 2. The Morgan fingerprint density at radius 1 is 0.900 bits per heavy atom. The lowest BCUT2D eigenvalue weighted by Crippen LogP contribution is -2.19. The second kappa shape index (κ2) is 11.7. The minimum atomic E-state index is -3.93. The van der Waals surface area contributed by atoms with Crippen molar-refractivity contribution in [3.63, 3.8) is 0 Å². The smallest absolute Gasteiger partial charge is 0.271 e. The fourth-order valence-corrected chi connectivity index (χ4v) is 5.02. The maximum absolute atomic E-state index is 12.9. The Labute approximate surface area is 231 Å². The molecular weight excluding hydrogens is 526 g/mol. The number of nitrogens with zero attached hydrogens (tertiary/aromatic N) is 3.